The summed E-state index contributed by atoms with van der Waals surface area (Å²) in [5.41, 5.74) is 0.430. The highest BCUT2D eigenvalue weighted by Crippen LogP contribution is 2.59. The highest BCUT2D eigenvalue weighted by Gasteiger charge is 2.50. The van der Waals surface area contributed by atoms with Crippen molar-refractivity contribution < 1.29 is 18.8 Å². The van der Waals surface area contributed by atoms with Gasteiger partial charge in [0, 0.05) is 19.3 Å². The molecule has 0 saturated heterocycles. The standard InChI is InChI=1S/C33H50ClN3O4Si/c1-31(2,3)41-30(39)37(12-13-40-42(7,8)32(4,5)6)11-9-10-26-17-27(28(34)21-35-26)29(38)36-22-33-18-23-14-24(19-33)16-25(15-23)20-33/h17,21,23-25H,11-16,18-20,22H2,1-8H3,(H,36,38). The molecule has 1 N–H and O–H groups in total. The second-order valence-electron chi connectivity index (χ2n) is 15.5. The number of pyridine rings is 1. The minimum absolute atomic E-state index is 0.0725. The van der Waals surface area contributed by atoms with Crippen molar-refractivity contribution in [2.24, 2.45) is 23.2 Å². The van der Waals surface area contributed by atoms with Crippen molar-refractivity contribution in [3.63, 3.8) is 0 Å². The van der Waals surface area contributed by atoms with Crippen LogP contribution in [0, 0.1) is 35.0 Å². The maximum Gasteiger partial charge on any atom is 0.411 e. The number of rotatable bonds is 8. The van der Waals surface area contributed by atoms with Crippen LogP contribution < -0.4 is 5.32 Å². The monoisotopic (exact) mass is 615 g/mol. The van der Waals surface area contributed by atoms with E-state index in [2.05, 4.69) is 56.0 Å². The lowest BCUT2D eigenvalue weighted by Crippen LogP contribution is -2.51. The summed E-state index contributed by atoms with van der Waals surface area (Å²) in [5, 5.41) is 3.58. The third-order valence-electron chi connectivity index (χ3n) is 9.66. The Hall–Kier alpha value is -2.08. The van der Waals surface area contributed by atoms with Gasteiger partial charge in [0.2, 0.25) is 0 Å². The van der Waals surface area contributed by atoms with Crippen molar-refractivity contribution in [1.29, 1.82) is 0 Å². The van der Waals surface area contributed by atoms with E-state index in [1.165, 1.54) is 44.7 Å². The van der Waals surface area contributed by atoms with Crippen LogP contribution in [-0.2, 0) is 9.16 Å². The van der Waals surface area contributed by atoms with Crippen LogP contribution in [0.25, 0.3) is 0 Å². The summed E-state index contributed by atoms with van der Waals surface area (Å²) in [6, 6.07) is 1.64. The third-order valence-corrected chi connectivity index (χ3v) is 14.5. The Morgan fingerprint density at radius 3 is 2.24 bits per heavy atom. The second kappa shape index (κ2) is 12.5. The molecular weight excluding hydrogens is 566 g/mol. The largest absolute Gasteiger partial charge is 0.444 e. The van der Waals surface area contributed by atoms with E-state index in [-0.39, 0.29) is 22.9 Å². The van der Waals surface area contributed by atoms with Gasteiger partial charge in [-0.25, -0.2) is 9.78 Å². The Morgan fingerprint density at radius 1 is 1.10 bits per heavy atom. The number of carbonyl (C=O) groups excluding carboxylic acids is 2. The number of nitrogens with zero attached hydrogens (tertiary/aromatic N) is 2. The maximum absolute atomic E-state index is 13.2. The van der Waals surface area contributed by atoms with Crippen LogP contribution in [-0.4, -0.2) is 62.0 Å². The predicted molar refractivity (Wildman–Crippen MR) is 170 cm³/mol. The van der Waals surface area contributed by atoms with E-state index >= 15 is 0 Å². The minimum Gasteiger partial charge on any atom is -0.444 e. The van der Waals surface area contributed by atoms with E-state index in [1.54, 1.807) is 11.0 Å². The summed E-state index contributed by atoms with van der Waals surface area (Å²) in [5.74, 6) is 8.38. The number of halogens is 1. The van der Waals surface area contributed by atoms with E-state index in [0.29, 0.717) is 36.0 Å². The first kappa shape index (κ1) is 32.8. The molecule has 4 fully saturated rings. The fraction of sp³-hybridized carbons (Fsp3) is 0.727. The Balaban J connectivity index is 1.39. The minimum atomic E-state index is -1.96. The van der Waals surface area contributed by atoms with Crippen molar-refractivity contribution >= 4 is 31.9 Å². The lowest BCUT2D eigenvalue weighted by atomic mass is 9.49. The number of ether oxygens (including phenoxy) is 1. The smallest absolute Gasteiger partial charge is 0.411 e. The molecule has 232 valence electrons. The van der Waals surface area contributed by atoms with Crippen molar-refractivity contribution in [2.45, 2.75) is 104 Å². The quantitative estimate of drug-likeness (QED) is 0.245. The van der Waals surface area contributed by atoms with Crippen LogP contribution in [0.1, 0.15) is 96.1 Å². The zero-order valence-corrected chi connectivity index (χ0v) is 28.6. The molecular formula is C33H50ClN3O4Si. The summed E-state index contributed by atoms with van der Waals surface area (Å²) in [4.78, 5) is 32.1. The molecule has 0 spiro atoms. The van der Waals surface area contributed by atoms with E-state index in [9.17, 15) is 9.59 Å². The lowest BCUT2D eigenvalue weighted by Gasteiger charge is -2.56. The molecule has 7 nitrogen and oxygen atoms in total. The van der Waals surface area contributed by atoms with E-state index in [1.807, 2.05) is 20.8 Å². The third kappa shape index (κ3) is 8.30. The maximum atomic E-state index is 13.2. The van der Waals surface area contributed by atoms with Crippen LogP contribution in [0.2, 0.25) is 23.2 Å². The molecule has 0 radical (unpaired) electrons. The number of nitrogens with one attached hydrogen (secondary N) is 1. The van der Waals surface area contributed by atoms with E-state index < -0.39 is 20.0 Å². The summed E-state index contributed by atoms with van der Waals surface area (Å²) in [7, 11) is -1.96. The number of hydrogen-bond acceptors (Lipinski definition) is 5. The first-order chi connectivity index (χ1) is 19.5. The molecule has 0 aromatic carbocycles. The van der Waals surface area contributed by atoms with Crippen LogP contribution >= 0.6 is 11.6 Å². The SMILES string of the molecule is CC(C)(C)OC(=O)N(CC#Cc1cc(C(=O)NCC23CC4CC(CC(C4)C2)C3)c(Cl)cn1)CCO[Si](C)(C)C(C)(C)C. The molecule has 4 aliphatic rings. The van der Waals surface area contributed by atoms with Gasteiger partial charge in [0.15, 0.2) is 8.32 Å². The second-order valence-corrected chi connectivity index (χ2v) is 20.7. The number of aromatic nitrogens is 1. The van der Waals surface area contributed by atoms with Gasteiger partial charge in [0.05, 0.1) is 23.7 Å². The zero-order valence-electron chi connectivity index (χ0n) is 26.9. The lowest BCUT2D eigenvalue weighted by molar-refractivity contribution is -0.0503. The molecule has 42 heavy (non-hydrogen) atoms. The van der Waals surface area contributed by atoms with Gasteiger partial charge in [-0.3, -0.25) is 9.69 Å². The van der Waals surface area contributed by atoms with Crippen molar-refractivity contribution in [3.05, 3.63) is 28.5 Å². The molecule has 1 aromatic heterocycles. The van der Waals surface area contributed by atoms with E-state index in [4.69, 9.17) is 20.8 Å². The molecule has 4 saturated carbocycles. The fourth-order valence-corrected chi connectivity index (χ4v) is 8.19. The fourth-order valence-electron chi connectivity index (χ4n) is 6.96. The van der Waals surface area contributed by atoms with Gasteiger partial charge in [-0.1, -0.05) is 38.3 Å². The first-order valence-corrected chi connectivity index (χ1v) is 18.8. The van der Waals surface area contributed by atoms with E-state index in [0.717, 1.165) is 17.8 Å². The molecule has 0 unspecified atom stereocenters. The van der Waals surface area contributed by atoms with Gasteiger partial charge in [0.25, 0.3) is 5.91 Å². The Morgan fingerprint density at radius 2 is 1.69 bits per heavy atom. The van der Waals surface area contributed by atoms with Crippen LogP contribution in [0.5, 0.6) is 0 Å². The molecule has 0 aliphatic heterocycles. The molecule has 4 aliphatic carbocycles. The Labute approximate surface area is 259 Å². The van der Waals surface area contributed by atoms with Crippen molar-refractivity contribution in [2.75, 3.05) is 26.2 Å². The van der Waals surface area contributed by atoms with Gasteiger partial charge in [0.1, 0.15) is 11.3 Å². The molecule has 2 amide bonds. The summed E-state index contributed by atoms with van der Waals surface area (Å²) in [6.07, 6.45) is 8.86. The van der Waals surface area contributed by atoms with Gasteiger partial charge >= 0.3 is 6.09 Å². The van der Waals surface area contributed by atoms with Crippen molar-refractivity contribution in [3.8, 4) is 11.8 Å². The first-order valence-electron chi connectivity index (χ1n) is 15.5. The van der Waals surface area contributed by atoms with Gasteiger partial charge in [-0.05, 0) is 113 Å². The van der Waals surface area contributed by atoms with Crippen molar-refractivity contribution in [1.82, 2.24) is 15.2 Å². The number of amides is 2. The number of hydrogen-bond donors (Lipinski definition) is 1. The Bertz CT molecular complexity index is 1190. The highest BCUT2D eigenvalue weighted by atomic mass is 35.5. The molecule has 0 atom stereocenters. The average Bonchev–Trinajstić information content (AvgIpc) is 2.85. The molecule has 1 heterocycles. The Kier molecular flexibility index (Phi) is 9.76. The topological polar surface area (TPSA) is 80.8 Å². The van der Waals surface area contributed by atoms with Crippen LogP contribution in [0.3, 0.4) is 0 Å². The molecule has 1 aromatic rings. The molecule has 4 bridgehead atoms. The van der Waals surface area contributed by atoms with Crippen LogP contribution in [0.4, 0.5) is 4.79 Å². The summed E-state index contributed by atoms with van der Waals surface area (Å²) in [6.45, 7) is 18.1. The van der Waals surface area contributed by atoms with Gasteiger partial charge in [-0.2, -0.15) is 0 Å². The highest BCUT2D eigenvalue weighted by molar-refractivity contribution is 6.74. The summed E-state index contributed by atoms with van der Waals surface area (Å²) >= 11 is 6.41. The average molecular weight is 616 g/mol. The molecule has 5 rings (SSSR count). The van der Waals surface area contributed by atoms with Gasteiger partial charge < -0.3 is 14.5 Å². The summed E-state index contributed by atoms with van der Waals surface area (Å²) < 4.78 is 11.9. The molecule has 9 heteroatoms. The number of carbonyl (C=O) groups is 2. The zero-order chi connectivity index (χ0) is 30.9. The normalized spacial score (nSPS) is 25.0. The predicted octanol–water partition coefficient (Wildman–Crippen LogP) is 7.29. The van der Waals surface area contributed by atoms with Gasteiger partial charge in [-0.15, -0.1) is 0 Å². The van der Waals surface area contributed by atoms with Crippen LogP contribution in [0.15, 0.2) is 12.3 Å².